The summed E-state index contributed by atoms with van der Waals surface area (Å²) in [6, 6.07) is 8.33. The van der Waals surface area contributed by atoms with E-state index >= 15 is 0 Å². The molecule has 1 N–H and O–H groups in total. The van der Waals surface area contributed by atoms with E-state index in [2.05, 4.69) is 0 Å². The average molecular weight is 110 g/mol. The second kappa shape index (κ2) is 3.04. The SMILES string of the molecule is [OH].[O]c1ccccc1. The molecule has 0 fully saturated rings. The molecular weight excluding hydrogens is 104 g/mol. The minimum absolute atomic E-state index is 0. The summed E-state index contributed by atoms with van der Waals surface area (Å²) in [5, 5.41) is 10.3. The Morgan fingerprint density at radius 2 is 1.50 bits per heavy atom. The molecule has 0 amide bonds. The summed E-state index contributed by atoms with van der Waals surface area (Å²) in [5.41, 5.74) is 0. The highest BCUT2D eigenvalue weighted by Crippen LogP contribution is 2.04. The van der Waals surface area contributed by atoms with Crippen LogP contribution in [0.5, 0.6) is 5.75 Å². The fourth-order valence-corrected chi connectivity index (χ4v) is 0.420. The van der Waals surface area contributed by atoms with Gasteiger partial charge in [-0.2, -0.15) is 0 Å². The van der Waals surface area contributed by atoms with E-state index in [9.17, 15) is 5.11 Å². The first-order chi connectivity index (χ1) is 3.39. The van der Waals surface area contributed by atoms with Gasteiger partial charge in [0.1, 0.15) is 0 Å². The monoisotopic (exact) mass is 110 g/mol. The van der Waals surface area contributed by atoms with Crippen LogP contribution < -0.4 is 0 Å². The van der Waals surface area contributed by atoms with Crippen molar-refractivity contribution in [3.8, 4) is 5.75 Å². The van der Waals surface area contributed by atoms with Crippen LogP contribution in [0.4, 0.5) is 0 Å². The molecule has 0 bridgehead atoms. The van der Waals surface area contributed by atoms with Gasteiger partial charge in [0.15, 0.2) is 5.75 Å². The Morgan fingerprint density at radius 1 is 1.00 bits per heavy atom. The molecule has 0 heterocycles. The molecule has 0 aromatic heterocycles. The zero-order valence-electron chi connectivity index (χ0n) is 4.24. The summed E-state index contributed by atoms with van der Waals surface area (Å²) in [6.07, 6.45) is 0. The van der Waals surface area contributed by atoms with Gasteiger partial charge in [-0.25, -0.2) is 0 Å². The number of hydrogen-bond donors (Lipinski definition) is 1. The van der Waals surface area contributed by atoms with E-state index in [1.807, 2.05) is 6.07 Å². The molecule has 0 aliphatic carbocycles. The summed E-state index contributed by atoms with van der Waals surface area (Å²) in [4.78, 5) is 0. The highest BCUT2D eigenvalue weighted by atomic mass is 16.3. The van der Waals surface area contributed by atoms with Crippen molar-refractivity contribution in [1.82, 2.24) is 0 Å². The highest BCUT2D eigenvalue weighted by molar-refractivity contribution is 5.18. The lowest BCUT2D eigenvalue weighted by atomic mass is 10.3. The van der Waals surface area contributed by atoms with E-state index in [4.69, 9.17) is 0 Å². The van der Waals surface area contributed by atoms with Crippen molar-refractivity contribution in [3.63, 3.8) is 0 Å². The minimum Gasteiger partial charge on any atom is -0.290 e. The van der Waals surface area contributed by atoms with E-state index in [0.29, 0.717) is 0 Å². The highest BCUT2D eigenvalue weighted by Gasteiger charge is 1.78. The smallest absolute Gasteiger partial charge is 0.178 e. The normalized spacial score (nSPS) is 7.50. The number of para-hydroxylation sites is 1. The molecule has 42 valence electrons. The minimum atomic E-state index is 0. The first-order valence-electron chi connectivity index (χ1n) is 2.11. The van der Waals surface area contributed by atoms with E-state index in [0.717, 1.165) is 0 Å². The average Bonchev–Trinajstić information content (AvgIpc) is 1.69. The van der Waals surface area contributed by atoms with E-state index in [1.54, 1.807) is 12.1 Å². The van der Waals surface area contributed by atoms with Crippen molar-refractivity contribution in [1.29, 1.82) is 0 Å². The van der Waals surface area contributed by atoms with Crippen molar-refractivity contribution in [2.75, 3.05) is 0 Å². The molecular formula is C6H6O2. The first-order valence-corrected chi connectivity index (χ1v) is 2.11. The Kier molecular flexibility index (Phi) is 2.66. The quantitative estimate of drug-likeness (QED) is 0.528. The van der Waals surface area contributed by atoms with Gasteiger partial charge in [-0.3, -0.25) is 10.6 Å². The maximum Gasteiger partial charge on any atom is 0.178 e. The maximum absolute atomic E-state index is 10.3. The van der Waals surface area contributed by atoms with Gasteiger partial charge in [0.05, 0.1) is 0 Å². The topological polar surface area (TPSA) is 49.9 Å². The molecule has 0 unspecified atom stereocenters. The summed E-state index contributed by atoms with van der Waals surface area (Å²) in [7, 11) is 0. The van der Waals surface area contributed by atoms with Gasteiger partial charge in [-0.05, 0) is 12.1 Å². The third kappa shape index (κ3) is 1.62. The molecule has 0 aliphatic rings. The van der Waals surface area contributed by atoms with Crippen LogP contribution in [0.1, 0.15) is 0 Å². The van der Waals surface area contributed by atoms with Crippen LogP contribution in [0.2, 0.25) is 0 Å². The Morgan fingerprint density at radius 3 is 1.75 bits per heavy atom. The molecule has 2 nitrogen and oxygen atoms in total. The Balaban J connectivity index is 0.000000490. The predicted molar refractivity (Wildman–Crippen MR) is 28.5 cm³/mol. The van der Waals surface area contributed by atoms with Crippen molar-refractivity contribution < 1.29 is 10.6 Å². The van der Waals surface area contributed by atoms with Crippen LogP contribution in [0.25, 0.3) is 0 Å². The van der Waals surface area contributed by atoms with Crippen LogP contribution >= 0.6 is 0 Å². The van der Waals surface area contributed by atoms with Crippen LogP contribution in [-0.2, 0) is 5.11 Å². The molecule has 8 heavy (non-hydrogen) atoms. The molecule has 0 saturated carbocycles. The summed E-state index contributed by atoms with van der Waals surface area (Å²) in [6.45, 7) is 0. The molecule has 0 saturated heterocycles. The molecule has 0 aliphatic heterocycles. The largest absolute Gasteiger partial charge is 0.290 e. The van der Waals surface area contributed by atoms with Crippen molar-refractivity contribution in [3.05, 3.63) is 30.3 Å². The summed E-state index contributed by atoms with van der Waals surface area (Å²) < 4.78 is 0. The number of hydrogen-bond acceptors (Lipinski definition) is 0. The molecule has 1 aromatic rings. The fourth-order valence-electron chi connectivity index (χ4n) is 0.420. The van der Waals surface area contributed by atoms with E-state index < -0.39 is 0 Å². The van der Waals surface area contributed by atoms with Gasteiger partial charge in [0.2, 0.25) is 0 Å². The van der Waals surface area contributed by atoms with Gasteiger partial charge >= 0.3 is 0 Å². The standard InChI is InChI=1S/C6H5O.HO/c7-6-4-2-1-3-5-6;/h1-5H;1H. The lowest BCUT2D eigenvalue weighted by molar-refractivity contribution is 0.355. The number of benzene rings is 1. The van der Waals surface area contributed by atoms with Crippen molar-refractivity contribution in [2.45, 2.75) is 0 Å². The summed E-state index contributed by atoms with van der Waals surface area (Å²) in [5.74, 6) is 0.0718. The molecule has 1 rings (SSSR count). The third-order valence-corrected chi connectivity index (χ3v) is 0.743. The van der Waals surface area contributed by atoms with Gasteiger partial charge < -0.3 is 0 Å². The zero-order valence-corrected chi connectivity index (χ0v) is 4.24. The van der Waals surface area contributed by atoms with E-state index in [-0.39, 0.29) is 11.2 Å². The van der Waals surface area contributed by atoms with E-state index in [1.165, 1.54) is 12.1 Å². The second-order valence-corrected chi connectivity index (χ2v) is 1.31. The van der Waals surface area contributed by atoms with Crippen LogP contribution in [0, 0.1) is 0 Å². The molecule has 2 heteroatoms. The molecule has 0 spiro atoms. The second-order valence-electron chi connectivity index (χ2n) is 1.31. The molecule has 2 radical (unpaired) electrons. The lowest BCUT2D eigenvalue weighted by Gasteiger charge is -1.77. The van der Waals surface area contributed by atoms with Gasteiger partial charge in [-0.1, -0.05) is 18.2 Å². The van der Waals surface area contributed by atoms with Gasteiger partial charge in [-0.15, -0.1) is 0 Å². The van der Waals surface area contributed by atoms with Crippen LogP contribution in [-0.4, -0.2) is 5.48 Å². The maximum atomic E-state index is 10.3. The summed E-state index contributed by atoms with van der Waals surface area (Å²) >= 11 is 0. The van der Waals surface area contributed by atoms with Crippen LogP contribution in [0.15, 0.2) is 30.3 Å². The Bertz CT molecular complexity index is 136. The molecule has 0 atom stereocenters. The fraction of sp³-hybridized carbons (Fsp3) is 0. The van der Waals surface area contributed by atoms with Crippen LogP contribution in [0.3, 0.4) is 0 Å². The Labute approximate surface area is 47.7 Å². The van der Waals surface area contributed by atoms with Crippen molar-refractivity contribution >= 4 is 0 Å². The zero-order chi connectivity index (χ0) is 5.11. The lowest BCUT2D eigenvalue weighted by Crippen LogP contribution is -1.54. The van der Waals surface area contributed by atoms with Crippen molar-refractivity contribution in [2.24, 2.45) is 0 Å². The Hall–Kier alpha value is -1.02. The van der Waals surface area contributed by atoms with Gasteiger partial charge in [0.25, 0.3) is 0 Å². The number of rotatable bonds is 0. The van der Waals surface area contributed by atoms with Gasteiger partial charge in [0, 0.05) is 0 Å². The molecule has 1 aromatic carbocycles. The third-order valence-electron chi connectivity index (χ3n) is 0.743. The first kappa shape index (κ1) is 6.98. The predicted octanol–water partition coefficient (Wildman–Crippen LogP) is 1.65.